The molecule has 2 heterocycles. The molecule has 3 nitrogen and oxygen atoms in total. The van der Waals surface area contributed by atoms with Crippen LogP contribution in [0, 0.1) is 5.82 Å². The zero-order valence-electron chi connectivity index (χ0n) is 17.4. The van der Waals surface area contributed by atoms with Gasteiger partial charge in [0.15, 0.2) is 0 Å². The fourth-order valence-corrected chi connectivity index (χ4v) is 4.74. The molecule has 0 radical (unpaired) electrons. The summed E-state index contributed by atoms with van der Waals surface area (Å²) in [6, 6.07) is 18.4. The van der Waals surface area contributed by atoms with Crippen LogP contribution < -0.4 is 4.90 Å². The molecule has 0 bridgehead atoms. The summed E-state index contributed by atoms with van der Waals surface area (Å²) in [4.78, 5) is 7.42. The maximum Gasteiger partial charge on any atom is 0.146 e. The van der Waals surface area contributed by atoms with Gasteiger partial charge in [0.2, 0.25) is 0 Å². The number of rotatable bonds is 5. The van der Waals surface area contributed by atoms with E-state index in [1.807, 2.05) is 12.1 Å². The quantitative estimate of drug-likeness (QED) is 0.740. The molecule has 1 atom stereocenters. The highest BCUT2D eigenvalue weighted by molar-refractivity contribution is 5.52. The van der Waals surface area contributed by atoms with E-state index in [1.165, 1.54) is 30.5 Å². The zero-order chi connectivity index (χ0) is 20.1. The van der Waals surface area contributed by atoms with E-state index in [-0.39, 0.29) is 5.82 Å². The molecule has 2 fully saturated rings. The van der Waals surface area contributed by atoms with Gasteiger partial charge in [-0.05, 0) is 44.0 Å². The lowest BCUT2D eigenvalue weighted by atomic mass is 10.0. The fraction of sp³-hybridized carbons (Fsp3) is 0.440. The van der Waals surface area contributed by atoms with Crippen LogP contribution in [0.1, 0.15) is 25.3 Å². The average Bonchev–Trinajstić information content (AvgIpc) is 2.75. The first-order valence-corrected chi connectivity index (χ1v) is 10.9. The summed E-state index contributed by atoms with van der Waals surface area (Å²) >= 11 is 0. The molecule has 2 aliphatic heterocycles. The number of piperazine rings is 1. The van der Waals surface area contributed by atoms with Crippen molar-refractivity contribution in [3.05, 3.63) is 71.6 Å². The minimum Gasteiger partial charge on any atom is -0.367 e. The number of anilines is 1. The minimum atomic E-state index is -0.106. The molecule has 0 amide bonds. The van der Waals surface area contributed by atoms with Crippen LogP contribution in [0.15, 0.2) is 60.2 Å². The van der Waals surface area contributed by atoms with Crippen LogP contribution in [0.3, 0.4) is 0 Å². The van der Waals surface area contributed by atoms with E-state index in [1.54, 1.807) is 12.1 Å². The molecule has 0 aromatic heterocycles. The van der Waals surface area contributed by atoms with Gasteiger partial charge in [0.05, 0.1) is 5.69 Å². The number of likely N-dealkylation sites (tertiary alicyclic amines) is 1. The molecule has 154 valence electrons. The first-order valence-electron chi connectivity index (χ1n) is 10.9. The summed E-state index contributed by atoms with van der Waals surface area (Å²) in [6.45, 7) is 9.46. The van der Waals surface area contributed by atoms with Crippen molar-refractivity contribution < 1.29 is 4.39 Å². The second-order valence-electron chi connectivity index (χ2n) is 8.41. The number of halogens is 1. The summed E-state index contributed by atoms with van der Waals surface area (Å²) in [5.74, 6) is -0.106. The zero-order valence-corrected chi connectivity index (χ0v) is 17.4. The average molecular weight is 394 g/mol. The predicted octanol–water partition coefficient (Wildman–Crippen LogP) is 4.52. The number of hydrogen-bond donors (Lipinski definition) is 0. The molecule has 2 aromatic carbocycles. The number of nitrogens with zero attached hydrogens (tertiary/aromatic N) is 3. The molecule has 29 heavy (non-hydrogen) atoms. The van der Waals surface area contributed by atoms with Crippen molar-refractivity contribution in [1.29, 1.82) is 0 Å². The maximum atomic E-state index is 14.1. The Hall–Kier alpha value is -2.17. The Labute approximate surface area is 174 Å². The molecular weight excluding hydrogens is 361 g/mol. The van der Waals surface area contributed by atoms with Crippen LogP contribution >= 0.6 is 0 Å². The topological polar surface area (TPSA) is 9.72 Å². The van der Waals surface area contributed by atoms with Crippen molar-refractivity contribution in [3.8, 4) is 0 Å². The van der Waals surface area contributed by atoms with E-state index < -0.39 is 0 Å². The number of benzene rings is 2. The van der Waals surface area contributed by atoms with Gasteiger partial charge in [0, 0.05) is 45.3 Å². The van der Waals surface area contributed by atoms with Gasteiger partial charge in [-0.25, -0.2) is 4.39 Å². The highest BCUT2D eigenvalue weighted by atomic mass is 19.1. The smallest absolute Gasteiger partial charge is 0.146 e. The largest absolute Gasteiger partial charge is 0.367 e. The van der Waals surface area contributed by atoms with Gasteiger partial charge >= 0.3 is 0 Å². The third kappa shape index (κ3) is 5.26. The van der Waals surface area contributed by atoms with Gasteiger partial charge in [0.1, 0.15) is 5.82 Å². The minimum absolute atomic E-state index is 0.106. The molecule has 0 spiro atoms. The van der Waals surface area contributed by atoms with Crippen LogP contribution in [0.2, 0.25) is 0 Å². The number of para-hydroxylation sites is 1. The Morgan fingerprint density at radius 3 is 2.45 bits per heavy atom. The van der Waals surface area contributed by atoms with Gasteiger partial charge in [-0.2, -0.15) is 0 Å². The summed E-state index contributed by atoms with van der Waals surface area (Å²) in [5, 5.41) is 0. The molecule has 0 N–H and O–H groups in total. The Morgan fingerprint density at radius 2 is 1.69 bits per heavy atom. The molecule has 2 aliphatic rings. The van der Waals surface area contributed by atoms with Crippen LogP contribution in [0.4, 0.5) is 10.1 Å². The van der Waals surface area contributed by atoms with Crippen LogP contribution in [-0.4, -0.2) is 61.7 Å². The molecule has 0 saturated carbocycles. The van der Waals surface area contributed by atoms with Crippen molar-refractivity contribution in [1.82, 2.24) is 9.80 Å². The highest BCUT2D eigenvalue weighted by Gasteiger charge is 2.28. The molecule has 0 unspecified atom stereocenters. The van der Waals surface area contributed by atoms with Crippen molar-refractivity contribution >= 4 is 11.8 Å². The maximum absolute atomic E-state index is 14.1. The Morgan fingerprint density at radius 1 is 0.966 bits per heavy atom. The van der Waals surface area contributed by atoms with Crippen molar-refractivity contribution in [2.75, 3.05) is 50.7 Å². The lowest BCUT2D eigenvalue weighted by molar-refractivity contribution is 0.0977. The van der Waals surface area contributed by atoms with Crippen LogP contribution in [0.25, 0.3) is 6.08 Å². The predicted molar refractivity (Wildman–Crippen MR) is 120 cm³/mol. The molecule has 4 rings (SSSR count). The molecular formula is C25H32FN3. The summed E-state index contributed by atoms with van der Waals surface area (Å²) in [6.07, 6.45) is 4.84. The fourth-order valence-electron chi connectivity index (χ4n) is 4.74. The van der Waals surface area contributed by atoms with E-state index in [0.29, 0.717) is 6.04 Å². The van der Waals surface area contributed by atoms with Gasteiger partial charge in [0.25, 0.3) is 0 Å². The van der Waals surface area contributed by atoms with Crippen molar-refractivity contribution in [2.24, 2.45) is 0 Å². The lowest BCUT2D eigenvalue weighted by Gasteiger charge is -2.44. The van der Waals surface area contributed by atoms with E-state index in [2.05, 4.69) is 58.0 Å². The Bertz CT molecular complexity index is 812. The number of piperidine rings is 1. The van der Waals surface area contributed by atoms with E-state index in [4.69, 9.17) is 0 Å². The SMILES string of the molecule is C/C(=C\c1ccccc1)CN1CCC[C@H](N2CCN(c3ccccc3F)CC2)C1. The first kappa shape index (κ1) is 20.1. The Balaban J connectivity index is 1.30. The Kier molecular flexibility index (Phi) is 6.63. The molecule has 4 heteroatoms. The lowest BCUT2D eigenvalue weighted by Crippen LogP contribution is -2.55. The second kappa shape index (κ2) is 9.55. The van der Waals surface area contributed by atoms with Gasteiger partial charge in [-0.15, -0.1) is 0 Å². The number of hydrogen-bond acceptors (Lipinski definition) is 3. The summed E-state index contributed by atoms with van der Waals surface area (Å²) in [7, 11) is 0. The molecule has 2 aromatic rings. The summed E-state index contributed by atoms with van der Waals surface area (Å²) < 4.78 is 14.1. The standard InChI is InChI=1S/C25H32FN3/c1-21(18-22-8-3-2-4-9-22)19-27-13-7-10-23(20-27)28-14-16-29(17-15-28)25-12-6-5-11-24(25)26/h2-6,8-9,11-12,18,23H,7,10,13-17,19-20H2,1H3/b21-18+/t23-/m0/s1. The van der Waals surface area contributed by atoms with Gasteiger partial charge < -0.3 is 4.90 Å². The summed E-state index contributed by atoms with van der Waals surface area (Å²) in [5.41, 5.74) is 3.45. The van der Waals surface area contributed by atoms with Crippen LogP contribution in [0.5, 0.6) is 0 Å². The second-order valence-corrected chi connectivity index (χ2v) is 8.41. The van der Waals surface area contributed by atoms with Crippen molar-refractivity contribution in [2.45, 2.75) is 25.8 Å². The van der Waals surface area contributed by atoms with E-state index >= 15 is 0 Å². The molecule has 2 saturated heterocycles. The van der Waals surface area contributed by atoms with E-state index in [9.17, 15) is 4.39 Å². The van der Waals surface area contributed by atoms with Crippen LogP contribution in [-0.2, 0) is 0 Å². The molecule has 0 aliphatic carbocycles. The van der Waals surface area contributed by atoms with Crippen molar-refractivity contribution in [3.63, 3.8) is 0 Å². The highest BCUT2D eigenvalue weighted by Crippen LogP contribution is 2.23. The third-order valence-corrected chi connectivity index (χ3v) is 6.19. The van der Waals surface area contributed by atoms with Gasteiger partial charge in [-0.3, -0.25) is 9.80 Å². The third-order valence-electron chi connectivity index (χ3n) is 6.19. The monoisotopic (exact) mass is 393 g/mol. The van der Waals surface area contributed by atoms with E-state index in [0.717, 1.165) is 45.0 Å². The van der Waals surface area contributed by atoms with Gasteiger partial charge in [-0.1, -0.05) is 54.1 Å². The first-order chi connectivity index (χ1) is 14.2. The normalized spacial score (nSPS) is 22.1.